The number of hydrogen-bond donors (Lipinski definition) is 3. The van der Waals surface area contributed by atoms with Crippen LogP contribution >= 0.6 is 0 Å². The zero-order chi connectivity index (χ0) is 20.3. The Balaban J connectivity index is 2.04. The van der Waals surface area contributed by atoms with Gasteiger partial charge in [0.05, 0.1) is 16.6 Å². The van der Waals surface area contributed by atoms with E-state index in [1.165, 1.54) is 41.3 Å². The third-order valence-corrected chi connectivity index (χ3v) is 4.42. The number of nitrogens with one attached hydrogen (secondary N) is 2. The second kappa shape index (κ2) is 8.18. The fourth-order valence-electron chi connectivity index (χ4n) is 2.98. The molecule has 0 unspecified atom stereocenters. The smallest absolute Gasteiger partial charge is 0.277 e. The summed E-state index contributed by atoms with van der Waals surface area (Å²) in [5, 5.41) is 13.5. The van der Waals surface area contributed by atoms with E-state index in [1.54, 1.807) is 13.0 Å². The molecule has 28 heavy (non-hydrogen) atoms. The Labute approximate surface area is 160 Å². The fourth-order valence-corrected chi connectivity index (χ4v) is 2.98. The number of rotatable bonds is 6. The number of halogens is 1. The quantitative estimate of drug-likeness (QED) is 0.567. The molecular weight excluding hydrogens is 363 g/mol. The molecule has 7 nitrogen and oxygen atoms in total. The molecule has 0 saturated carbocycles. The van der Waals surface area contributed by atoms with Crippen molar-refractivity contribution < 1.29 is 14.3 Å². The van der Waals surface area contributed by atoms with E-state index in [0.717, 1.165) is 6.42 Å². The SMILES string of the molecule is CCCNn1c(C)c(C(=O)N[C@@H](O)c2ccc(F)cc2)c2cnccc2c1=O. The summed E-state index contributed by atoms with van der Waals surface area (Å²) >= 11 is 0. The minimum atomic E-state index is -1.33. The molecular formula is C20H21FN4O3. The van der Waals surface area contributed by atoms with Crippen molar-refractivity contribution >= 4 is 16.7 Å². The molecule has 0 bridgehead atoms. The highest BCUT2D eigenvalue weighted by Gasteiger charge is 2.21. The van der Waals surface area contributed by atoms with Gasteiger partial charge in [0.15, 0.2) is 6.23 Å². The molecule has 0 aliphatic heterocycles. The van der Waals surface area contributed by atoms with E-state index in [4.69, 9.17) is 0 Å². The summed E-state index contributed by atoms with van der Waals surface area (Å²) in [6, 6.07) is 6.72. The first-order chi connectivity index (χ1) is 13.4. The van der Waals surface area contributed by atoms with Crippen molar-refractivity contribution in [3.05, 3.63) is 75.7 Å². The van der Waals surface area contributed by atoms with E-state index in [2.05, 4.69) is 15.7 Å². The molecule has 0 spiro atoms. The van der Waals surface area contributed by atoms with Gasteiger partial charge in [0.25, 0.3) is 11.5 Å². The van der Waals surface area contributed by atoms with Crippen LogP contribution in [0.5, 0.6) is 0 Å². The Morgan fingerprint density at radius 1 is 1.25 bits per heavy atom. The Kier molecular flexibility index (Phi) is 5.70. The van der Waals surface area contributed by atoms with Crippen LogP contribution in [0.2, 0.25) is 0 Å². The number of aromatic nitrogens is 2. The number of benzene rings is 1. The zero-order valence-electron chi connectivity index (χ0n) is 15.6. The number of amides is 1. The molecule has 2 heterocycles. The first kappa shape index (κ1) is 19.5. The molecule has 1 amide bonds. The molecule has 1 aromatic carbocycles. The monoisotopic (exact) mass is 384 g/mol. The van der Waals surface area contributed by atoms with Crippen LogP contribution < -0.4 is 16.3 Å². The molecule has 0 aliphatic rings. The van der Waals surface area contributed by atoms with Gasteiger partial charge in [-0.25, -0.2) is 9.07 Å². The summed E-state index contributed by atoms with van der Waals surface area (Å²) in [5.41, 5.74) is 3.70. The maximum absolute atomic E-state index is 13.1. The predicted molar refractivity (Wildman–Crippen MR) is 104 cm³/mol. The molecule has 0 radical (unpaired) electrons. The molecule has 1 atom stereocenters. The van der Waals surface area contributed by atoms with Crippen molar-refractivity contribution in [1.29, 1.82) is 0 Å². The van der Waals surface area contributed by atoms with Crippen molar-refractivity contribution in [2.24, 2.45) is 0 Å². The van der Waals surface area contributed by atoms with Crippen LogP contribution in [0.25, 0.3) is 10.8 Å². The van der Waals surface area contributed by atoms with Gasteiger partial charge in [-0.05, 0) is 31.5 Å². The average Bonchev–Trinajstić information content (AvgIpc) is 2.68. The van der Waals surface area contributed by atoms with Gasteiger partial charge in [0.2, 0.25) is 0 Å². The second-order valence-electron chi connectivity index (χ2n) is 6.36. The van der Waals surface area contributed by atoms with Crippen LogP contribution in [-0.4, -0.2) is 27.2 Å². The van der Waals surface area contributed by atoms with E-state index in [-0.39, 0.29) is 11.1 Å². The van der Waals surface area contributed by atoms with Crippen LogP contribution in [0.15, 0.2) is 47.5 Å². The van der Waals surface area contributed by atoms with Gasteiger partial charge in [-0.3, -0.25) is 14.6 Å². The van der Waals surface area contributed by atoms with Crippen LogP contribution in [0, 0.1) is 12.7 Å². The van der Waals surface area contributed by atoms with Crippen LogP contribution in [-0.2, 0) is 0 Å². The Bertz CT molecular complexity index is 1060. The lowest BCUT2D eigenvalue weighted by molar-refractivity contribution is 0.0784. The molecule has 0 fully saturated rings. The molecule has 8 heteroatoms. The van der Waals surface area contributed by atoms with Gasteiger partial charge in [-0.2, -0.15) is 0 Å². The lowest BCUT2D eigenvalue weighted by atomic mass is 10.1. The lowest BCUT2D eigenvalue weighted by Gasteiger charge is -2.19. The summed E-state index contributed by atoms with van der Waals surface area (Å²) in [6.07, 6.45) is 2.40. The van der Waals surface area contributed by atoms with Crippen molar-refractivity contribution in [3.8, 4) is 0 Å². The highest BCUT2D eigenvalue weighted by Crippen LogP contribution is 2.20. The standard InChI is InChI=1S/C20H21FN4O3/c1-3-9-23-25-12(2)17(16-11-22-10-8-15(16)20(25)28)19(27)24-18(26)13-4-6-14(21)7-5-13/h4-8,10-11,18,23,26H,3,9H2,1-2H3,(H,24,27)/t18-/m0/s1. The predicted octanol–water partition coefficient (Wildman–Crippen LogP) is 2.22. The van der Waals surface area contributed by atoms with Gasteiger partial charge in [-0.1, -0.05) is 19.1 Å². The molecule has 2 aromatic heterocycles. The summed E-state index contributed by atoms with van der Waals surface area (Å²) < 4.78 is 14.4. The van der Waals surface area contributed by atoms with Gasteiger partial charge in [-0.15, -0.1) is 0 Å². The average molecular weight is 384 g/mol. The third kappa shape index (κ3) is 3.72. The number of carbonyl (C=O) groups excluding carboxylic acids is 1. The topological polar surface area (TPSA) is 96.2 Å². The minimum Gasteiger partial charge on any atom is -0.369 e. The maximum atomic E-state index is 13.1. The number of aliphatic hydroxyl groups excluding tert-OH is 1. The highest BCUT2D eigenvalue weighted by atomic mass is 19.1. The summed E-state index contributed by atoms with van der Waals surface area (Å²) in [5.74, 6) is -1.01. The Morgan fingerprint density at radius 2 is 1.96 bits per heavy atom. The highest BCUT2D eigenvalue weighted by molar-refractivity contribution is 6.07. The van der Waals surface area contributed by atoms with E-state index in [0.29, 0.717) is 28.6 Å². The largest absolute Gasteiger partial charge is 0.369 e. The molecule has 3 N–H and O–H groups in total. The number of aliphatic hydroxyl groups is 1. The van der Waals surface area contributed by atoms with Gasteiger partial charge in [0, 0.05) is 29.9 Å². The molecule has 0 saturated heterocycles. The van der Waals surface area contributed by atoms with Crippen molar-refractivity contribution in [2.75, 3.05) is 12.0 Å². The third-order valence-electron chi connectivity index (χ3n) is 4.42. The summed E-state index contributed by atoms with van der Waals surface area (Å²) in [6.45, 7) is 4.16. The number of hydrogen-bond acceptors (Lipinski definition) is 5. The number of nitrogens with zero attached hydrogens (tertiary/aromatic N) is 2. The number of carbonyl (C=O) groups is 1. The van der Waals surface area contributed by atoms with Crippen molar-refractivity contribution in [3.63, 3.8) is 0 Å². The first-order valence-electron chi connectivity index (χ1n) is 8.91. The van der Waals surface area contributed by atoms with Gasteiger partial charge < -0.3 is 15.8 Å². The molecule has 146 valence electrons. The van der Waals surface area contributed by atoms with E-state index < -0.39 is 18.0 Å². The Hall–Kier alpha value is -3.26. The van der Waals surface area contributed by atoms with E-state index in [9.17, 15) is 19.1 Å². The van der Waals surface area contributed by atoms with E-state index in [1.807, 2.05) is 6.92 Å². The van der Waals surface area contributed by atoms with Crippen molar-refractivity contribution in [2.45, 2.75) is 26.5 Å². The van der Waals surface area contributed by atoms with Crippen LogP contribution in [0.4, 0.5) is 4.39 Å². The lowest BCUT2D eigenvalue weighted by Crippen LogP contribution is -2.36. The fraction of sp³-hybridized carbons (Fsp3) is 0.250. The molecule has 3 rings (SSSR count). The number of fused-ring (bicyclic) bond motifs is 1. The number of pyridine rings is 2. The Morgan fingerprint density at radius 3 is 2.64 bits per heavy atom. The first-order valence-corrected chi connectivity index (χ1v) is 8.91. The van der Waals surface area contributed by atoms with Crippen LogP contribution in [0.1, 0.15) is 41.2 Å². The molecule has 3 aromatic rings. The normalized spacial score (nSPS) is 12.0. The maximum Gasteiger partial charge on any atom is 0.277 e. The summed E-state index contributed by atoms with van der Waals surface area (Å²) in [7, 11) is 0. The van der Waals surface area contributed by atoms with Crippen LogP contribution in [0.3, 0.4) is 0 Å². The minimum absolute atomic E-state index is 0.229. The van der Waals surface area contributed by atoms with Crippen molar-refractivity contribution in [1.82, 2.24) is 15.0 Å². The second-order valence-corrected chi connectivity index (χ2v) is 6.36. The van der Waals surface area contributed by atoms with E-state index >= 15 is 0 Å². The van der Waals surface area contributed by atoms with Gasteiger partial charge >= 0.3 is 0 Å². The zero-order valence-corrected chi connectivity index (χ0v) is 15.6. The molecule has 0 aliphatic carbocycles. The van der Waals surface area contributed by atoms with Gasteiger partial charge in [0.1, 0.15) is 5.82 Å². The summed E-state index contributed by atoms with van der Waals surface area (Å²) in [4.78, 5) is 29.7.